The Hall–Kier alpha value is -4.93. The largest absolute Gasteiger partial charge is 0.509 e. The van der Waals surface area contributed by atoms with Gasteiger partial charge in [0, 0.05) is 56.2 Å². The third kappa shape index (κ3) is 6.28. The molecule has 0 saturated heterocycles. The Kier molecular flexibility index (Phi) is 9.03. The van der Waals surface area contributed by atoms with Gasteiger partial charge in [0.1, 0.15) is 11.6 Å². The van der Waals surface area contributed by atoms with Crippen LogP contribution in [0.5, 0.6) is 11.5 Å². The predicted molar refractivity (Wildman–Crippen MR) is 209 cm³/mol. The molecular formula is C45H42N5OPt-3. The van der Waals surface area contributed by atoms with E-state index in [1.807, 2.05) is 42.7 Å². The van der Waals surface area contributed by atoms with E-state index < -0.39 is 0 Å². The predicted octanol–water partition coefficient (Wildman–Crippen LogP) is 11.6. The number of ether oxygens (including phenoxy) is 1. The van der Waals surface area contributed by atoms with Gasteiger partial charge in [-0.2, -0.15) is 12.1 Å². The van der Waals surface area contributed by atoms with E-state index in [4.69, 9.17) is 14.7 Å². The molecule has 0 aliphatic carbocycles. The van der Waals surface area contributed by atoms with Crippen LogP contribution >= 0.6 is 0 Å². The van der Waals surface area contributed by atoms with E-state index in [2.05, 4.69) is 149 Å². The smallest absolute Gasteiger partial charge is 0.135 e. The van der Waals surface area contributed by atoms with Gasteiger partial charge in [0.25, 0.3) is 0 Å². The average Bonchev–Trinajstić information content (AvgIpc) is 3.63. The first-order valence-electron chi connectivity index (χ1n) is 17.5. The number of anilines is 4. The van der Waals surface area contributed by atoms with Crippen molar-refractivity contribution in [3.05, 3.63) is 144 Å². The molecule has 7 heteroatoms. The van der Waals surface area contributed by atoms with Crippen molar-refractivity contribution < 1.29 is 25.8 Å². The summed E-state index contributed by atoms with van der Waals surface area (Å²) >= 11 is 0. The summed E-state index contributed by atoms with van der Waals surface area (Å²) in [5.41, 5.74) is 9.97. The summed E-state index contributed by atoms with van der Waals surface area (Å²) in [7, 11) is 0. The first-order chi connectivity index (χ1) is 24.4. The molecule has 1 aliphatic heterocycles. The molecule has 266 valence electrons. The van der Waals surface area contributed by atoms with E-state index >= 15 is 0 Å². The van der Waals surface area contributed by atoms with Crippen molar-refractivity contribution in [2.24, 2.45) is 0 Å². The van der Waals surface area contributed by atoms with Crippen molar-refractivity contribution in [2.45, 2.75) is 66.2 Å². The number of aryl methyl sites for hydroxylation is 2. The molecule has 0 unspecified atom stereocenters. The minimum Gasteiger partial charge on any atom is -0.509 e. The van der Waals surface area contributed by atoms with Crippen LogP contribution in [0.25, 0.3) is 27.6 Å². The Labute approximate surface area is 321 Å². The van der Waals surface area contributed by atoms with Crippen molar-refractivity contribution >= 4 is 44.7 Å². The zero-order chi connectivity index (χ0) is 35.7. The molecule has 0 saturated carbocycles. The van der Waals surface area contributed by atoms with Crippen molar-refractivity contribution in [3.8, 4) is 17.3 Å². The number of benzene rings is 4. The SMILES string of the molecule is Cc1cc(C(C)(C)C)cc(C)c1N1[CH-]N(c2[c-]c(Oc3[c-]c4c(cc3)c3ccccc3n4-c3cc(C(C)(C)C)ccn3)ccc2)c2cccnc21.[Pt]. The molecule has 0 atom stereocenters. The molecule has 0 spiro atoms. The first kappa shape index (κ1) is 35.5. The Bertz CT molecular complexity index is 2430. The van der Waals surface area contributed by atoms with Gasteiger partial charge in [-0.15, -0.1) is 48.1 Å². The minimum atomic E-state index is -0.00972. The summed E-state index contributed by atoms with van der Waals surface area (Å²) in [5.74, 6) is 2.93. The molecule has 52 heavy (non-hydrogen) atoms. The molecule has 7 aromatic rings. The standard InChI is InChI=1S/C45H42N5O.Pt/c1-29-23-32(45(6,7)8)24-30(2)42(29)49-28-48(39-17-12-21-47-43(39)49)33-13-11-14-34(26-33)51-35-18-19-37-36-15-9-10-16-38(36)50(40(37)27-35)41-25-31(20-22-46-41)44(3,4)5;/h9-25,28H,1-8H3;/q-3;. The normalized spacial score (nSPS) is 13.1. The van der Waals surface area contributed by atoms with Gasteiger partial charge in [-0.25, -0.2) is 9.97 Å². The van der Waals surface area contributed by atoms with Crippen molar-refractivity contribution in [2.75, 3.05) is 9.80 Å². The van der Waals surface area contributed by atoms with Crippen LogP contribution in [0.3, 0.4) is 0 Å². The van der Waals surface area contributed by atoms with Crippen LogP contribution in [0.1, 0.15) is 63.8 Å². The molecule has 0 amide bonds. The van der Waals surface area contributed by atoms with Crippen LogP contribution in [0.4, 0.5) is 22.9 Å². The molecule has 8 rings (SSSR count). The fraction of sp³-hybridized carbons (Fsp3) is 0.222. The zero-order valence-electron chi connectivity index (χ0n) is 30.9. The number of hydrogen-bond acceptors (Lipinski definition) is 5. The zero-order valence-corrected chi connectivity index (χ0v) is 33.1. The van der Waals surface area contributed by atoms with Gasteiger partial charge in [0.05, 0.1) is 5.69 Å². The third-order valence-corrected chi connectivity index (χ3v) is 9.71. The molecule has 3 aromatic heterocycles. The average molecular weight is 864 g/mol. The summed E-state index contributed by atoms with van der Waals surface area (Å²) in [6.07, 6.45) is 3.74. The number of para-hydroxylation sites is 1. The topological polar surface area (TPSA) is 46.4 Å². The van der Waals surface area contributed by atoms with Crippen LogP contribution in [0, 0.1) is 32.6 Å². The van der Waals surface area contributed by atoms with E-state index in [1.165, 1.54) is 22.3 Å². The van der Waals surface area contributed by atoms with E-state index in [9.17, 15) is 0 Å². The first-order valence-corrected chi connectivity index (χ1v) is 17.5. The number of pyridine rings is 2. The monoisotopic (exact) mass is 863 g/mol. The molecular weight excluding hydrogens is 822 g/mol. The maximum Gasteiger partial charge on any atom is 0.135 e. The molecule has 0 radical (unpaired) electrons. The van der Waals surface area contributed by atoms with Gasteiger partial charge < -0.3 is 19.1 Å². The van der Waals surface area contributed by atoms with E-state index in [0.29, 0.717) is 11.5 Å². The summed E-state index contributed by atoms with van der Waals surface area (Å²) in [4.78, 5) is 14.0. The Morgan fingerprint density at radius 2 is 1.38 bits per heavy atom. The quantitative estimate of drug-likeness (QED) is 0.161. The molecule has 0 bridgehead atoms. The molecule has 4 heterocycles. The molecule has 1 aliphatic rings. The molecule has 0 fully saturated rings. The van der Waals surface area contributed by atoms with Crippen LogP contribution in [-0.2, 0) is 31.9 Å². The maximum atomic E-state index is 6.52. The molecule has 6 nitrogen and oxygen atoms in total. The van der Waals surface area contributed by atoms with Crippen LogP contribution in [0.2, 0.25) is 0 Å². The molecule has 0 N–H and O–H groups in total. The van der Waals surface area contributed by atoms with E-state index in [0.717, 1.165) is 50.5 Å². The number of aromatic nitrogens is 3. The molecule has 4 aromatic carbocycles. The Morgan fingerprint density at radius 1 is 0.654 bits per heavy atom. The Morgan fingerprint density at radius 3 is 2.13 bits per heavy atom. The van der Waals surface area contributed by atoms with Gasteiger partial charge in [0.2, 0.25) is 0 Å². The number of nitrogens with zero attached hydrogens (tertiary/aromatic N) is 5. The second-order valence-corrected chi connectivity index (χ2v) is 15.5. The van der Waals surface area contributed by atoms with Crippen molar-refractivity contribution in [3.63, 3.8) is 0 Å². The summed E-state index contributed by atoms with van der Waals surface area (Å²) in [6, 6.07) is 38.6. The van der Waals surface area contributed by atoms with Gasteiger partial charge >= 0.3 is 0 Å². The van der Waals surface area contributed by atoms with Crippen LogP contribution in [0.15, 0.2) is 103 Å². The summed E-state index contributed by atoms with van der Waals surface area (Å²) in [5, 5.41) is 2.24. The fourth-order valence-corrected chi connectivity index (χ4v) is 7.05. The van der Waals surface area contributed by atoms with Gasteiger partial charge in [-0.3, -0.25) is 0 Å². The van der Waals surface area contributed by atoms with Crippen molar-refractivity contribution in [1.82, 2.24) is 14.5 Å². The summed E-state index contributed by atoms with van der Waals surface area (Å²) in [6.45, 7) is 19.9. The third-order valence-electron chi connectivity index (χ3n) is 9.71. The van der Waals surface area contributed by atoms with E-state index in [-0.39, 0.29) is 31.9 Å². The number of fused-ring (bicyclic) bond motifs is 4. The maximum absolute atomic E-state index is 6.52. The van der Waals surface area contributed by atoms with Crippen LogP contribution in [-0.4, -0.2) is 14.5 Å². The fourth-order valence-electron chi connectivity index (χ4n) is 7.05. The van der Waals surface area contributed by atoms with Crippen LogP contribution < -0.4 is 14.5 Å². The van der Waals surface area contributed by atoms with Gasteiger partial charge in [0.15, 0.2) is 0 Å². The minimum absolute atomic E-state index is 0. The second-order valence-electron chi connectivity index (χ2n) is 15.5. The van der Waals surface area contributed by atoms with Gasteiger partial charge in [-0.1, -0.05) is 77.4 Å². The number of rotatable bonds is 5. The van der Waals surface area contributed by atoms with Crippen molar-refractivity contribution in [1.29, 1.82) is 0 Å². The summed E-state index contributed by atoms with van der Waals surface area (Å²) < 4.78 is 8.70. The Balaban J connectivity index is 0.00000420. The van der Waals surface area contributed by atoms with E-state index in [1.54, 1.807) is 0 Å². The van der Waals surface area contributed by atoms with Gasteiger partial charge in [-0.05, 0) is 82.6 Å². The second kappa shape index (κ2) is 13.2. The number of hydrogen-bond donors (Lipinski definition) is 0.